The van der Waals surface area contributed by atoms with Crippen molar-refractivity contribution >= 4 is 0 Å². The Morgan fingerprint density at radius 3 is 2.94 bits per heavy atom. The molecule has 1 aromatic carbocycles. The monoisotopic (exact) mass is 235 g/mol. The van der Waals surface area contributed by atoms with E-state index in [4.69, 9.17) is 9.47 Å². The molecule has 0 radical (unpaired) electrons. The Hall–Kier alpha value is -1.06. The fourth-order valence-corrected chi connectivity index (χ4v) is 1.93. The van der Waals surface area contributed by atoms with Crippen LogP contribution in [0.3, 0.4) is 0 Å². The molecule has 1 aliphatic heterocycles. The molecule has 2 rings (SSSR count). The molecule has 17 heavy (non-hydrogen) atoms. The Kier molecular flexibility index (Phi) is 4.40. The lowest BCUT2D eigenvalue weighted by Gasteiger charge is -2.23. The van der Waals surface area contributed by atoms with Crippen molar-refractivity contribution < 1.29 is 9.47 Å². The van der Waals surface area contributed by atoms with Gasteiger partial charge < -0.3 is 14.8 Å². The van der Waals surface area contributed by atoms with Gasteiger partial charge in [-0.1, -0.05) is 6.07 Å². The molecule has 0 aromatic heterocycles. The van der Waals surface area contributed by atoms with E-state index < -0.39 is 0 Å². The number of rotatable bonds is 4. The van der Waals surface area contributed by atoms with Crippen LogP contribution in [0, 0.1) is 13.8 Å². The number of morpholine rings is 1. The number of ether oxygens (including phenoxy) is 2. The van der Waals surface area contributed by atoms with E-state index in [-0.39, 0.29) is 0 Å². The van der Waals surface area contributed by atoms with Crippen molar-refractivity contribution in [1.82, 2.24) is 5.32 Å². The van der Waals surface area contributed by atoms with Crippen LogP contribution >= 0.6 is 0 Å². The predicted octanol–water partition coefficient (Wildman–Crippen LogP) is 2.06. The third-order valence-corrected chi connectivity index (χ3v) is 3.21. The number of hydrogen-bond donors (Lipinski definition) is 1. The molecule has 94 valence electrons. The summed E-state index contributed by atoms with van der Waals surface area (Å²) < 4.78 is 11.2. The molecule has 1 atom stereocenters. The highest BCUT2D eigenvalue weighted by Gasteiger charge is 2.12. The van der Waals surface area contributed by atoms with Crippen molar-refractivity contribution in [1.29, 1.82) is 0 Å². The molecule has 3 nitrogen and oxygen atoms in total. The molecule has 0 amide bonds. The molecule has 1 fully saturated rings. The Morgan fingerprint density at radius 1 is 1.35 bits per heavy atom. The second-order valence-corrected chi connectivity index (χ2v) is 4.61. The largest absolute Gasteiger partial charge is 0.494 e. The highest BCUT2D eigenvalue weighted by atomic mass is 16.5. The van der Waals surface area contributed by atoms with Gasteiger partial charge in [0.25, 0.3) is 0 Å². The van der Waals surface area contributed by atoms with Crippen LogP contribution in [0.2, 0.25) is 0 Å². The van der Waals surface area contributed by atoms with Crippen molar-refractivity contribution in [3.63, 3.8) is 0 Å². The average molecular weight is 235 g/mol. The van der Waals surface area contributed by atoms with E-state index in [0.29, 0.717) is 6.04 Å². The van der Waals surface area contributed by atoms with Crippen LogP contribution in [-0.2, 0) is 4.74 Å². The minimum Gasteiger partial charge on any atom is -0.494 e. The first-order chi connectivity index (χ1) is 8.25. The van der Waals surface area contributed by atoms with Gasteiger partial charge in [0.05, 0.1) is 19.8 Å². The van der Waals surface area contributed by atoms with Crippen LogP contribution in [-0.4, -0.2) is 32.4 Å². The van der Waals surface area contributed by atoms with Gasteiger partial charge >= 0.3 is 0 Å². The highest BCUT2D eigenvalue weighted by Crippen LogP contribution is 2.16. The maximum absolute atomic E-state index is 5.75. The van der Waals surface area contributed by atoms with E-state index in [1.807, 2.05) is 6.07 Å². The molecule has 0 aliphatic carbocycles. The van der Waals surface area contributed by atoms with E-state index in [1.165, 1.54) is 11.1 Å². The Bertz CT molecular complexity index is 359. The van der Waals surface area contributed by atoms with Gasteiger partial charge in [0.1, 0.15) is 5.75 Å². The molecule has 1 unspecified atom stereocenters. The summed E-state index contributed by atoms with van der Waals surface area (Å²) in [5.41, 5.74) is 2.58. The third-order valence-electron chi connectivity index (χ3n) is 3.21. The van der Waals surface area contributed by atoms with Gasteiger partial charge in [0, 0.05) is 12.6 Å². The number of hydrogen-bond acceptors (Lipinski definition) is 3. The lowest BCUT2D eigenvalue weighted by molar-refractivity contribution is 0.0691. The molecular weight excluding hydrogens is 214 g/mol. The number of benzene rings is 1. The van der Waals surface area contributed by atoms with E-state index >= 15 is 0 Å². The van der Waals surface area contributed by atoms with Crippen molar-refractivity contribution in [2.75, 3.05) is 26.4 Å². The summed E-state index contributed by atoms with van der Waals surface area (Å²) >= 11 is 0. The molecule has 3 heteroatoms. The zero-order valence-electron chi connectivity index (χ0n) is 10.7. The summed E-state index contributed by atoms with van der Waals surface area (Å²) in [6.07, 6.45) is 0.993. The maximum Gasteiger partial charge on any atom is 0.119 e. The standard InChI is InChI=1S/C14H21NO2/c1-11-3-4-14(9-12(11)2)17-7-5-13-10-16-8-6-15-13/h3-4,9,13,15H,5-8,10H2,1-2H3. The second-order valence-electron chi connectivity index (χ2n) is 4.61. The minimum atomic E-state index is 0.440. The molecule has 0 saturated carbocycles. The SMILES string of the molecule is Cc1ccc(OCCC2COCCN2)cc1C. The van der Waals surface area contributed by atoms with Crippen molar-refractivity contribution in [2.24, 2.45) is 0 Å². The predicted molar refractivity (Wildman–Crippen MR) is 68.6 cm³/mol. The molecular formula is C14H21NO2. The molecule has 0 spiro atoms. The fourth-order valence-electron chi connectivity index (χ4n) is 1.93. The van der Waals surface area contributed by atoms with Crippen LogP contribution in [0.15, 0.2) is 18.2 Å². The molecule has 1 aromatic rings. The minimum absolute atomic E-state index is 0.440. The normalized spacial score (nSPS) is 20.2. The smallest absolute Gasteiger partial charge is 0.119 e. The average Bonchev–Trinajstić information content (AvgIpc) is 2.35. The zero-order chi connectivity index (χ0) is 12.1. The fraction of sp³-hybridized carbons (Fsp3) is 0.571. The lowest BCUT2D eigenvalue weighted by atomic mass is 10.1. The van der Waals surface area contributed by atoms with E-state index in [0.717, 1.165) is 38.5 Å². The van der Waals surface area contributed by atoms with Gasteiger partial charge in [-0.25, -0.2) is 0 Å². The first-order valence-electron chi connectivity index (χ1n) is 6.27. The van der Waals surface area contributed by atoms with Gasteiger partial charge in [-0.05, 0) is 43.5 Å². The van der Waals surface area contributed by atoms with Gasteiger partial charge in [0.2, 0.25) is 0 Å². The Labute approximate surface area is 103 Å². The molecule has 0 bridgehead atoms. The topological polar surface area (TPSA) is 30.5 Å². The third kappa shape index (κ3) is 3.72. The zero-order valence-corrected chi connectivity index (χ0v) is 10.7. The lowest BCUT2D eigenvalue weighted by Crippen LogP contribution is -2.41. The molecule has 1 N–H and O–H groups in total. The first-order valence-corrected chi connectivity index (χ1v) is 6.27. The Balaban J connectivity index is 1.75. The van der Waals surface area contributed by atoms with Crippen molar-refractivity contribution in [2.45, 2.75) is 26.3 Å². The van der Waals surface area contributed by atoms with E-state index in [2.05, 4.69) is 31.3 Å². The summed E-state index contributed by atoms with van der Waals surface area (Å²) in [6.45, 7) is 7.55. The summed E-state index contributed by atoms with van der Waals surface area (Å²) in [5.74, 6) is 0.963. The summed E-state index contributed by atoms with van der Waals surface area (Å²) in [5, 5.41) is 3.42. The van der Waals surface area contributed by atoms with Crippen LogP contribution in [0.5, 0.6) is 5.75 Å². The van der Waals surface area contributed by atoms with Crippen LogP contribution in [0.4, 0.5) is 0 Å². The number of nitrogens with one attached hydrogen (secondary N) is 1. The molecule has 1 heterocycles. The van der Waals surface area contributed by atoms with Crippen molar-refractivity contribution in [3.05, 3.63) is 29.3 Å². The van der Waals surface area contributed by atoms with E-state index in [1.54, 1.807) is 0 Å². The molecule has 1 aliphatic rings. The highest BCUT2D eigenvalue weighted by molar-refractivity contribution is 5.33. The first kappa shape index (κ1) is 12.4. The second kappa shape index (κ2) is 6.03. The van der Waals surface area contributed by atoms with Gasteiger partial charge in [0.15, 0.2) is 0 Å². The van der Waals surface area contributed by atoms with Gasteiger partial charge in [-0.15, -0.1) is 0 Å². The summed E-state index contributed by atoms with van der Waals surface area (Å²) in [6, 6.07) is 6.68. The van der Waals surface area contributed by atoms with Crippen LogP contribution < -0.4 is 10.1 Å². The van der Waals surface area contributed by atoms with Gasteiger partial charge in [-0.3, -0.25) is 0 Å². The Morgan fingerprint density at radius 2 is 2.24 bits per heavy atom. The maximum atomic E-state index is 5.75. The van der Waals surface area contributed by atoms with Crippen LogP contribution in [0.1, 0.15) is 17.5 Å². The number of aryl methyl sites for hydroxylation is 2. The summed E-state index contributed by atoms with van der Waals surface area (Å²) in [4.78, 5) is 0. The summed E-state index contributed by atoms with van der Waals surface area (Å²) in [7, 11) is 0. The van der Waals surface area contributed by atoms with Crippen molar-refractivity contribution in [3.8, 4) is 5.75 Å². The van der Waals surface area contributed by atoms with Crippen LogP contribution in [0.25, 0.3) is 0 Å². The van der Waals surface area contributed by atoms with Gasteiger partial charge in [-0.2, -0.15) is 0 Å². The molecule has 1 saturated heterocycles. The van der Waals surface area contributed by atoms with E-state index in [9.17, 15) is 0 Å². The quantitative estimate of drug-likeness (QED) is 0.866.